The zero-order valence-corrected chi connectivity index (χ0v) is 10.1. The monoisotopic (exact) mass is 242 g/mol. The van der Waals surface area contributed by atoms with Crippen LogP contribution in [0.25, 0.3) is 0 Å². The van der Waals surface area contributed by atoms with Gasteiger partial charge in [0, 0.05) is 0 Å². The summed E-state index contributed by atoms with van der Waals surface area (Å²) >= 11 is 0. The third-order valence-electron chi connectivity index (χ3n) is 2.68. The Labute approximate surface area is 107 Å². The molecule has 0 aliphatic heterocycles. The maximum atomic E-state index is 12.8. The summed E-state index contributed by atoms with van der Waals surface area (Å²) in [5.41, 5.74) is 2.01. The molecule has 0 aliphatic rings. The maximum Gasteiger partial charge on any atom is 0.123 e. The van der Waals surface area contributed by atoms with Crippen molar-refractivity contribution in [1.29, 1.82) is 0 Å². The highest BCUT2D eigenvalue weighted by molar-refractivity contribution is 5.22. The molecule has 0 unspecified atom stereocenters. The molecule has 2 heteroatoms. The van der Waals surface area contributed by atoms with Gasteiger partial charge in [-0.05, 0) is 23.3 Å². The van der Waals surface area contributed by atoms with Crippen molar-refractivity contribution < 1.29 is 9.13 Å². The van der Waals surface area contributed by atoms with E-state index in [1.54, 1.807) is 18.2 Å². The van der Waals surface area contributed by atoms with E-state index in [-0.39, 0.29) is 11.9 Å². The lowest BCUT2D eigenvalue weighted by Crippen LogP contribution is -2.01. The number of ether oxygens (including phenoxy) is 1. The zero-order chi connectivity index (χ0) is 12.8. The van der Waals surface area contributed by atoms with Gasteiger partial charge in [0.15, 0.2) is 0 Å². The minimum absolute atomic E-state index is 0.217. The summed E-state index contributed by atoms with van der Waals surface area (Å²) in [7, 11) is 0. The first-order valence-electron chi connectivity index (χ1n) is 5.83. The Morgan fingerprint density at radius 3 is 2.33 bits per heavy atom. The van der Waals surface area contributed by atoms with Crippen LogP contribution >= 0.6 is 0 Å². The summed E-state index contributed by atoms with van der Waals surface area (Å²) < 4.78 is 18.6. The van der Waals surface area contributed by atoms with Crippen LogP contribution in [0.2, 0.25) is 0 Å². The number of rotatable bonds is 5. The number of hydrogen-bond acceptors (Lipinski definition) is 1. The van der Waals surface area contributed by atoms with Crippen molar-refractivity contribution in [2.45, 2.75) is 12.7 Å². The van der Waals surface area contributed by atoms with Gasteiger partial charge in [-0.2, -0.15) is 0 Å². The maximum absolute atomic E-state index is 12.8. The SMILES string of the molecule is C=C[C@@H](OCc1ccccc1)c1ccc(F)cc1. The Morgan fingerprint density at radius 1 is 1.06 bits per heavy atom. The van der Waals surface area contributed by atoms with E-state index in [0.717, 1.165) is 11.1 Å². The molecule has 0 saturated heterocycles. The molecule has 2 rings (SSSR count). The Balaban J connectivity index is 2.02. The summed E-state index contributed by atoms with van der Waals surface area (Å²) in [5.74, 6) is -0.246. The second kappa shape index (κ2) is 6.12. The van der Waals surface area contributed by atoms with E-state index in [9.17, 15) is 4.39 Å². The van der Waals surface area contributed by atoms with Crippen LogP contribution in [-0.4, -0.2) is 0 Å². The number of halogens is 1. The van der Waals surface area contributed by atoms with Crippen LogP contribution in [0.3, 0.4) is 0 Å². The molecule has 0 fully saturated rings. The van der Waals surface area contributed by atoms with E-state index >= 15 is 0 Å². The highest BCUT2D eigenvalue weighted by Gasteiger charge is 2.07. The summed E-state index contributed by atoms with van der Waals surface area (Å²) in [6.45, 7) is 4.26. The minimum atomic E-state index is -0.246. The van der Waals surface area contributed by atoms with Gasteiger partial charge < -0.3 is 4.74 Å². The molecule has 0 aromatic heterocycles. The quantitative estimate of drug-likeness (QED) is 0.711. The van der Waals surface area contributed by atoms with Crippen LogP contribution in [0, 0.1) is 5.82 Å². The summed E-state index contributed by atoms with van der Waals surface area (Å²) in [4.78, 5) is 0. The van der Waals surface area contributed by atoms with Gasteiger partial charge in [0.2, 0.25) is 0 Å². The zero-order valence-electron chi connectivity index (χ0n) is 10.1. The van der Waals surface area contributed by atoms with Crippen LogP contribution < -0.4 is 0 Å². The Hall–Kier alpha value is -1.93. The number of hydrogen-bond donors (Lipinski definition) is 0. The number of benzene rings is 2. The van der Waals surface area contributed by atoms with Gasteiger partial charge in [0.1, 0.15) is 11.9 Å². The lowest BCUT2D eigenvalue weighted by molar-refractivity contribution is 0.0720. The van der Waals surface area contributed by atoms with Crippen molar-refractivity contribution in [1.82, 2.24) is 0 Å². The predicted molar refractivity (Wildman–Crippen MR) is 70.6 cm³/mol. The fraction of sp³-hybridized carbons (Fsp3) is 0.125. The average molecular weight is 242 g/mol. The first kappa shape index (κ1) is 12.5. The van der Waals surface area contributed by atoms with Crippen molar-refractivity contribution in [3.8, 4) is 0 Å². The molecule has 18 heavy (non-hydrogen) atoms. The standard InChI is InChI=1S/C16H15FO/c1-2-16(14-8-10-15(17)11-9-14)18-12-13-6-4-3-5-7-13/h2-11,16H,1,12H2/t16-/m1/s1. The van der Waals surface area contributed by atoms with Crippen LogP contribution in [0.5, 0.6) is 0 Å². The smallest absolute Gasteiger partial charge is 0.123 e. The molecule has 1 atom stereocenters. The predicted octanol–water partition coefficient (Wildman–Crippen LogP) is 4.27. The lowest BCUT2D eigenvalue weighted by Gasteiger charge is -2.14. The molecule has 0 saturated carbocycles. The van der Waals surface area contributed by atoms with E-state index in [2.05, 4.69) is 6.58 Å². The molecular weight excluding hydrogens is 227 g/mol. The second-order valence-electron chi connectivity index (χ2n) is 4.00. The van der Waals surface area contributed by atoms with E-state index in [1.807, 2.05) is 30.3 Å². The van der Waals surface area contributed by atoms with E-state index in [4.69, 9.17) is 4.74 Å². The topological polar surface area (TPSA) is 9.23 Å². The van der Waals surface area contributed by atoms with Crippen molar-refractivity contribution in [2.24, 2.45) is 0 Å². The van der Waals surface area contributed by atoms with E-state index in [1.165, 1.54) is 12.1 Å². The third-order valence-corrected chi connectivity index (χ3v) is 2.68. The van der Waals surface area contributed by atoms with Gasteiger partial charge in [0.25, 0.3) is 0 Å². The van der Waals surface area contributed by atoms with Gasteiger partial charge in [-0.3, -0.25) is 0 Å². The fourth-order valence-corrected chi connectivity index (χ4v) is 1.71. The largest absolute Gasteiger partial charge is 0.365 e. The molecule has 0 amide bonds. The van der Waals surface area contributed by atoms with Gasteiger partial charge in [0.05, 0.1) is 6.61 Å². The molecule has 1 nitrogen and oxygen atoms in total. The van der Waals surface area contributed by atoms with Crippen LogP contribution in [0.15, 0.2) is 67.3 Å². The normalized spacial score (nSPS) is 12.1. The lowest BCUT2D eigenvalue weighted by atomic mass is 10.1. The molecule has 0 heterocycles. The Kier molecular flexibility index (Phi) is 4.26. The highest BCUT2D eigenvalue weighted by Crippen LogP contribution is 2.20. The first-order valence-corrected chi connectivity index (χ1v) is 5.83. The van der Waals surface area contributed by atoms with Crippen molar-refractivity contribution in [3.05, 3.63) is 84.2 Å². The second-order valence-corrected chi connectivity index (χ2v) is 4.00. The Morgan fingerprint density at radius 2 is 1.72 bits per heavy atom. The Bertz CT molecular complexity index is 490. The van der Waals surface area contributed by atoms with Crippen molar-refractivity contribution >= 4 is 0 Å². The molecular formula is C16H15FO. The van der Waals surface area contributed by atoms with Gasteiger partial charge in [-0.15, -0.1) is 6.58 Å². The van der Waals surface area contributed by atoms with Crippen LogP contribution in [-0.2, 0) is 11.3 Å². The van der Waals surface area contributed by atoms with E-state index in [0.29, 0.717) is 6.61 Å². The fourth-order valence-electron chi connectivity index (χ4n) is 1.71. The molecule has 0 aliphatic carbocycles. The van der Waals surface area contributed by atoms with Crippen LogP contribution in [0.1, 0.15) is 17.2 Å². The van der Waals surface area contributed by atoms with Gasteiger partial charge in [-0.25, -0.2) is 4.39 Å². The molecule has 0 bridgehead atoms. The highest BCUT2D eigenvalue weighted by atomic mass is 19.1. The summed E-state index contributed by atoms with van der Waals surface area (Å²) in [5, 5.41) is 0. The first-order chi connectivity index (χ1) is 8.79. The van der Waals surface area contributed by atoms with Gasteiger partial charge >= 0.3 is 0 Å². The summed E-state index contributed by atoms with van der Waals surface area (Å²) in [6, 6.07) is 16.2. The van der Waals surface area contributed by atoms with Crippen molar-refractivity contribution in [2.75, 3.05) is 0 Å². The summed E-state index contributed by atoms with van der Waals surface area (Å²) in [6.07, 6.45) is 1.50. The minimum Gasteiger partial charge on any atom is -0.365 e. The van der Waals surface area contributed by atoms with Gasteiger partial charge in [-0.1, -0.05) is 48.5 Å². The van der Waals surface area contributed by atoms with Crippen LogP contribution in [0.4, 0.5) is 4.39 Å². The molecule has 0 radical (unpaired) electrons. The molecule has 2 aromatic rings. The third kappa shape index (κ3) is 3.28. The molecule has 0 N–H and O–H groups in total. The average Bonchev–Trinajstić information content (AvgIpc) is 2.42. The molecule has 0 spiro atoms. The molecule has 92 valence electrons. The molecule has 2 aromatic carbocycles. The van der Waals surface area contributed by atoms with Crippen molar-refractivity contribution in [3.63, 3.8) is 0 Å². The van der Waals surface area contributed by atoms with E-state index < -0.39 is 0 Å².